The second-order valence-corrected chi connectivity index (χ2v) is 4.21. The molecule has 0 aliphatic carbocycles. The summed E-state index contributed by atoms with van der Waals surface area (Å²) in [4.78, 5) is 14.7. The summed E-state index contributed by atoms with van der Waals surface area (Å²) < 4.78 is 0. The molecule has 0 bridgehead atoms. The third kappa shape index (κ3) is 2.56. The summed E-state index contributed by atoms with van der Waals surface area (Å²) in [6.45, 7) is 0. The summed E-state index contributed by atoms with van der Waals surface area (Å²) in [7, 11) is 0. The van der Waals surface area contributed by atoms with E-state index in [1.165, 1.54) is 0 Å². The highest BCUT2D eigenvalue weighted by molar-refractivity contribution is 5.58. The number of hydrogen-bond acceptors (Lipinski definition) is 4. The number of rotatable bonds is 3. The van der Waals surface area contributed by atoms with E-state index >= 15 is 0 Å². The first-order chi connectivity index (χ1) is 9.83. The van der Waals surface area contributed by atoms with E-state index in [0.717, 1.165) is 11.3 Å². The minimum atomic E-state index is -0.273. The van der Waals surface area contributed by atoms with E-state index in [1.54, 1.807) is 0 Å². The number of anilines is 2. The predicted molar refractivity (Wildman–Crippen MR) is 77.8 cm³/mol. The van der Waals surface area contributed by atoms with Crippen molar-refractivity contribution in [1.82, 2.24) is 15.2 Å². The average molecular weight is 264 g/mol. The number of hydrogen-bond donors (Lipinski definition) is 2. The molecule has 0 atom stereocenters. The van der Waals surface area contributed by atoms with Gasteiger partial charge in [0, 0.05) is 11.3 Å². The monoisotopic (exact) mass is 264 g/mol. The van der Waals surface area contributed by atoms with E-state index in [0.29, 0.717) is 11.6 Å². The highest BCUT2D eigenvalue weighted by Gasteiger charge is 2.06. The number of benzene rings is 2. The third-order valence-corrected chi connectivity index (χ3v) is 2.78. The summed E-state index contributed by atoms with van der Waals surface area (Å²) in [6.07, 6.45) is 0. The lowest BCUT2D eigenvalue weighted by Gasteiger charge is -2.05. The Morgan fingerprint density at radius 1 is 0.850 bits per heavy atom. The molecule has 5 heteroatoms. The van der Waals surface area contributed by atoms with Gasteiger partial charge in [-0.25, -0.2) is 0 Å². The van der Waals surface area contributed by atoms with E-state index < -0.39 is 0 Å². The molecule has 0 saturated heterocycles. The zero-order chi connectivity index (χ0) is 13.8. The van der Waals surface area contributed by atoms with Crippen molar-refractivity contribution in [2.75, 3.05) is 5.32 Å². The zero-order valence-electron chi connectivity index (χ0n) is 10.6. The summed E-state index contributed by atoms with van der Waals surface area (Å²) >= 11 is 0. The maximum atomic E-state index is 12.0. The van der Waals surface area contributed by atoms with Crippen LogP contribution in [0.3, 0.4) is 0 Å². The lowest BCUT2D eigenvalue weighted by atomic mass is 10.2. The van der Waals surface area contributed by atoms with Crippen LogP contribution in [0.15, 0.2) is 65.5 Å². The lowest BCUT2D eigenvalue weighted by Crippen LogP contribution is -2.15. The molecule has 0 fully saturated rings. The van der Waals surface area contributed by atoms with Crippen LogP contribution in [0, 0.1) is 0 Å². The molecule has 0 unspecified atom stereocenters. The first-order valence-corrected chi connectivity index (χ1v) is 6.17. The minimum Gasteiger partial charge on any atom is -0.324 e. The summed E-state index contributed by atoms with van der Waals surface area (Å²) in [5.74, 6) is 0.320. The predicted octanol–water partition coefficient (Wildman–Crippen LogP) is 2.58. The largest absolute Gasteiger partial charge is 0.324 e. The molecule has 20 heavy (non-hydrogen) atoms. The Bertz CT molecular complexity index is 754. The van der Waals surface area contributed by atoms with E-state index in [4.69, 9.17) is 0 Å². The fourth-order valence-electron chi connectivity index (χ4n) is 1.84. The highest BCUT2D eigenvalue weighted by Crippen LogP contribution is 2.13. The Morgan fingerprint density at radius 3 is 2.15 bits per heavy atom. The summed E-state index contributed by atoms with van der Waals surface area (Å²) in [6, 6.07) is 18.7. The zero-order valence-corrected chi connectivity index (χ0v) is 10.6. The number of nitrogens with one attached hydrogen (secondary N) is 2. The summed E-state index contributed by atoms with van der Waals surface area (Å²) in [5, 5.41) is 11.0. The van der Waals surface area contributed by atoms with Crippen molar-refractivity contribution in [3.8, 4) is 11.3 Å². The van der Waals surface area contributed by atoms with Gasteiger partial charge >= 0.3 is 0 Å². The quantitative estimate of drug-likeness (QED) is 0.762. The van der Waals surface area contributed by atoms with Crippen LogP contribution in [-0.4, -0.2) is 15.2 Å². The fraction of sp³-hybridized carbons (Fsp3) is 0. The van der Waals surface area contributed by atoms with Gasteiger partial charge in [-0.05, 0) is 12.1 Å². The average Bonchev–Trinajstić information content (AvgIpc) is 2.49. The number of nitrogens with zero attached hydrogens (tertiary/aromatic N) is 2. The van der Waals surface area contributed by atoms with Crippen LogP contribution in [0.2, 0.25) is 0 Å². The maximum absolute atomic E-state index is 12.0. The van der Waals surface area contributed by atoms with Crippen molar-refractivity contribution in [2.45, 2.75) is 0 Å². The van der Waals surface area contributed by atoms with Crippen molar-refractivity contribution in [3.63, 3.8) is 0 Å². The van der Waals surface area contributed by atoms with Crippen molar-refractivity contribution in [3.05, 3.63) is 71.0 Å². The molecule has 0 spiro atoms. The standard InChI is InChI=1S/C15H12N4O/c20-14-13(11-7-3-1-4-8-11)18-19-15(17-14)16-12-9-5-2-6-10-12/h1-10H,(H2,16,17,19,20). The second kappa shape index (κ2) is 5.36. The Balaban J connectivity index is 1.91. The maximum Gasteiger partial charge on any atom is 0.279 e. The molecule has 0 saturated carbocycles. The van der Waals surface area contributed by atoms with E-state index in [9.17, 15) is 4.79 Å². The number of aromatic amines is 1. The molecule has 1 aromatic heterocycles. The fourth-order valence-corrected chi connectivity index (χ4v) is 1.84. The van der Waals surface area contributed by atoms with Crippen LogP contribution in [-0.2, 0) is 0 Å². The van der Waals surface area contributed by atoms with Gasteiger partial charge in [-0.1, -0.05) is 48.5 Å². The Kier molecular flexibility index (Phi) is 3.24. The van der Waals surface area contributed by atoms with Gasteiger partial charge < -0.3 is 5.32 Å². The number of aromatic nitrogens is 3. The third-order valence-electron chi connectivity index (χ3n) is 2.78. The van der Waals surface area contributed by atoms with Gasteiger partial charge in [0.15, 0.2) is 5.69 Å². The molecule has 1 heterocycles. The van der Waals surface area contributed by atoms with Gasteiger partial charge in [-0.3, -0.25) is 9.78 Å². The Morgan fingerprint density at radius 2 is 1.50 bits per heavy atom. The van der Waals surface area contributed by atoms with Gasteiger partial charge in [-0.15, -0.1) is 10.2 Å². The van der Waals surface area contributed by atoms with Crippen molar-refractivity contribution < 1.29 is 0 Å². The molecule has 0 amide bonds. The van der Waals surface area contributed by atoms with Crippen molar-refractivity contribution in [2.24, 2.45) is 0 Å². The van der Waals surface area contributed by atoms with Crippen LogP contribution in [0.4, 0.5) is 11.6 Å². The van der Waals surface area contributed by atoms with Gasteiger partial charge in [0.25, 0.3) is 5.56 Å². The SMILES string of the molecule is O=c1[nH]c(Nc2ccccc2)nnc1-c1ccccc1. The molecule has 3 rings (SSSR count). The minimum absolute atomic E-state index is 0.273. The molecule has 0 aliphatic heterocycles. The number of H-pyrrole nitrogens is 1. The van der Waals surface area contributed by atoms with Crippen molar-refractivity contribution >= 4 is 11.6 Å². The molecule has 5 nitrogen and oxygen atoms in total. The molecule has 0 aliphatic rings. The Hall–Kier alpha value is -2.95. The van der Waals surface area contributed by atoms with Gasteiger partial charge in [0.05, 0.1) is 0 Å². The van der Waals surface area contributed by atoms with Crippen LogP contribution in [0.1, 0.15) is 0 Å². The van der Waals surface area contributed by atoms with Crippen LogP contribution in [0.5, 0.6) is 0 Å². The van der Waals surface area contributed by atoms with Gasteiger partial charge in [0.2, 0.25) is 5.95 Å². The van der Waals surface area contributed by atoms with Crippen molar-refractivity contribution in [1.29, 1.82) is 0 Å². The van der Waals surface area contributed by atoms with E-state index in [2.05, 4.69) is 20.5 Å². The summed E-state index contributed by atoms with van der Waals surface area (Å²) in [5.41, 5.74) is 1.62. The van der Waals surface area contributed by atoms with Crippen LogP contribution in [0.25, 0.3) is 11.3 Å². The second-order valence-electron chi connectivity index (χ2n) is 4.21. The van der Waals surface area contributed by atoms with E-state index in [1.807, 2.05) is 60.7 Å². The Labute approximate surface area is 115 Å². The molecular formula is C15H12N4O. The molecule has 3 aromatic rings. The molecule has 98 valence electrons. The highest BCUT2D eigenvalue weighted by atomic mass is 16.1. The first-order valence-electron chi connectivity index (χ1n) is 6.17. The molecule has 2 aromatic carbocycles. The smallest absolute Gasteiger partial charge is 0.279 e. The first kappa shape index (κ1) is 12.1. The van der Waals surface area contributed by atoms with Crippen LogP contribution >= 0.6 is 0 Å². The van der Waals surface area contributed by atoms with Gasteiger partial charge in [-0.2, -0.15) is 0 Å². The van der Waals surface area contributed by atoms with Gasteiger partial charge in [0.1, 0.15) is 0 Å². The number of para-hydroxylation sites is 1. The topological polar surface area (TPSA) is 70.7 Å². The lowest BCUT2D eigenvalue weighted by molar-refractivity contribution is 0.962. The normalized spacial score (nSPS) is 10.2. The molecule has 2 N–H and O–H groups in total. The molecular weight excluding hydrogens is 252 g/mol. The van der Waals surface area contributed by atoms with E-state index in [-0.39, 0.29) is 5.56 Å². The van der Waals surface area contributed by atoms with Crippen LogP contribution < -0.4 is 10.9 Å². The molecule has 0 radical (unpaired) electrons.